The highest BCUT2D eigenvalue weighted by atomic mass is 19.1. The summed E-state index contributed by atoms with van der Waals surface area (Å²) in [6.45, 7) is 1.97. The molecule has 0 amide bonds. The number of nitrogens with zero attached hydrogens (tertiary/aromatic N) is 3. The van der Waals surface area contributed by atoms with Crippen molar-refractivity contribution < 1.29 is 9.31 Å². The van der Waals surface area contributed by atoms with Crippen molar-refractivity contribution in [1.29, 1.82) is 0 Å². The van der Waals surface area contributed by atoms with Crippen molar-refractivity contribution in [2.75, 3.05) is 0 Å². The zero-order valence-electron chi connectivity index (χ0n) is 14.9. The van der Waals surface area contributed by atoms with Gasteiger partial charge in [-0.15, -0.1) is 0 Å². The smallest absolute Gasteiger partial charge is 0.260 e. The molecule has 7 heteroatoms. The zero-order valence-corrected chi connectivity index (χ0v) is 14.9. The van der Waals surface area contributed by atoms with Gasteiger partial charge in [0.1, 0.15) is 5.82 Å². The van der Waals surface area contributed by atoms with E-state index in [4.69, 9.17) is 0 Å². The second-order valence-electron chi connectivity index (χ2n) is 6.36. The minimum Gasteiger partial charge on any atom is -0.260 e. The first-order chi connectivity index (χ1) is 13.5. The number of amidine groups is 1. The highest BCUT2D eigenvalue weighted by Crippen LogP contribution is 2.27. The van der Waals surface area contributed by atoms with Crippen LogP contribution in [0.5, 0.6) is 0 Å². The molecule has 1 aliphatic rings. The van der Waals surface area contributed by atoms with Gasteiger partial charge in [0.05, 0.1) is 16.3 Å². The summed E-state index contributed by atoms with van der Waals surface area (Å²) < 4.78 is 13.3. The van der Waals surface area contributed by atoms with Crippen molar-refractivity contribution in [2.45, 2.75) is 6.92 Å². The van der Waals surface area contributed by atoms with Crippen LogP contribution in [0, 0.1) is 22.9 Å². The maximum absolute atomic E-state index is 13.3. The van der Waals surface area contributed by atoms with Gasteiger partial charge >= 0.3 is 0 Å². The van der Waals surface area contributed by atoms with Crippen molar-refractivity contribution in [3.63, 3.8) is 0 Å². The summed E-state index contributed by atoms with van der Waals surface area (Å²) >= 11 is 0. The molecule has 0 spiro atoms. The van der Waals surface area contributed by atoms with Crippen LogP contribution >= 0.6 is 0 Å². The number of fused-ring (bicyclic) bond motifs is 1. The molecule has 0 radical (unpaired) electrons. The van der Waals surface area contributed by atoms with Crippen LogP contribution in [0.1, 0.15) is 22.3 Å². The second kappa shape index (κ2) is 7.03. The van der Waals surface area contributed by atoms with Crippen LogP contribution in [0.25, 0.3) is 0 Å². The Bertz CT molecular complexity index is 1120. The molecule has 0 aromatic heterocycles. The number of hydrogen-bond donors (Lipinski definition) is 1. The first-order valence-corrected chi connectivity index (χ1v) is 8.55. The standard InChI is InChI=1S/C21H15FN4O2/c1-13-2-11-19-18(12-13)20(14-5-9-17(10-6-14)26(27)28)24-25-21(23-19)15-3-7-16(22)8-4-15/h2-12H,1H3,(H,23,25). The van der Waals surface area contributed by atoms with Gasteiger partial charge in [-0.2, -0.15) is 5.10 Å². The number of halogens is 1. The van der Waals surface area contributed by atoms with E-state index in [0.717, 1.165) is 16.7 Å². The number of hydrazone groups is 1. The number of rotatable bonds is 3. The molecule has 0 aliphatic carbocycles. The maximum Gasteiger partial charge on any atom is 0.269 e. The molecule has 0 fully saturated rings. The van der Waals surface area contributed by atoms with Crippen molar-refractivity contribution in [3.8, 4) is 0 Å². The Labute approximate surface area is 160 Å². The normalized spacial score (nSPS) is 12.9. The lowest BCUT2D eigenvalue weighted by Crippen LogP contribution is -2.19. The summed E-state index contributed by atoms with van der Waals surface area (Å²) in [5, 5.41) is 15.4. The van der Waals surface area contributed by atoms with Crippen molar-refractivity contribution in [2.24, 2.45) is 10.1 Å². The molecule has 1 N–H and O–H groups in total. The minimum atomic E-state index is -0.440. The molecular formula is C21H15FN4O2. The minimum absolute atomic E-state index is 0.0126. The van der Waals surface area contributed by atoms with Gasteiger partial charge in [-0.1, -0.05) is 11.6 Å². The molecule has 0 bridgehead atoms. The summed E-state index contributed by atoms with van der Waals surface area (Å²) in [7, 11) is 0. The van der Waals surface area contributed by atoms with Crippen LogP contribution in [0.3, 0.4) is 0 Å². The van der Waals surface area contributed by atoms with Crippen LogP contribution in [-0.4, -0.2) is 16.5 Å². The SMILES string of the molecule is Cc1ccc2c(c1)C(c1ccc([N+](=O)[O-])cc1)=NNC(c1ccc(F)cc1)=N2. The highest BCUT2D eigenvalue weighted by Gasteiger charge is 2.18. The number of nitro groups is 1. The molecule has 6 nitrogen and oxygen atoms in total. The Balaban J connectivity index is 1.82. The van der Waals surface area contributed by atoms with E-state index in [9.17, 15) is 14.5 Å². The molecule has 1 aliphatic heterocycles. The van der Waals surface area contributed by atoms with E-state index >= 15 is 0 Å². The second-order valence-corrected chi connectivity index (χ2v) is 6.36. The average Bonchev–Trinajstić information content (AvgIpc) is 2.88. The summed E-state index contributed by atoms with van der Waals surface area (Å²) in [5.41, 5.74) is 7.54. The number of nitrogens with one attached hydrogen (secondary N) is 1. The third kappa shape index (κ3) is 3.37. The molecule has 138 valence electrons. The molecule has 3 aromatic rings. The van der Waals surface area contributed by atoms with Gasteiger partial charge in [-0.05, 0) is 55.5 Å². The first kappa shape index (κ1) is 17.5. The first-order valence-electron chi connectivity index (χ1n) is 8.55. The van der Waals surface area contributed by atoms with Crippen molar-refractivity contribution in [1.82, 2.24) is 5.43 Å². The van der Waals surface area contributed by atoms with Gasteiger partial charge in [0.25, 0.3) is 5.69 Å². The molecular weight excluding hydrogens is 359 g/mol. The largest absolute Gasteiger partial charge is 0.269 e. The van der Waals surface area contributed by atoms with E-state index in [2.05, 4.69) is 15.5 Å². The summed E-state index contributed by atoms with van der Waals surface area (Å²) in [6.07, 6.45) is 0. The topological polar surface area (TPSA) is 79.9 Å². The molecule has 3 aromatic carbocycles. The zero-order chi connectivity index (χ0) is 19.7. The monoisotopic (exact) mass is 374 g/mol. The third-order valence-electron chi connectivity index (χ3n) is 4.38. The molecule has 0 saturated heterocycles. The lowest BCUT2D eigenvalue weighted by Gasteiger charge is -2.08. The van der Waals surface area contributed by atoms with Crippen LogP contribution in [0.2, 0.25) is 0 Å². The number of hydrogen-bond acceptors (Lipinski definition) is 5. The Morgan fingerprint density at radius 3 is 2.32 bits per heavy atom. The van der Waals surface area contributed by atoms with Gasteiger partial charge in [0.15, 0.2) is 5.84 Å². The molecule has 0 saturated carbocycles. The number of aryl methyl sites for hydroxylation is 1. The lowest BCUT2D eigenvalue weighted by molar-refractivity contribution is -0.384. The van der Waals surface area contributed by atoms with E-state index in [1.54, 1.807) is 24.3 Å². The predicted molar refractivity (Wildman–Crippen MR) is 106 cm³/mol. The van der Waals surface area contributed by atoms with Crippen molar-refractivity contribution in [3.05, 3.63) is 105 Å². The number of benzene rings is 3. The summed E-state index contributed by atoms with van der Waals surface area (Å²) in [4.78, 5) is 15.2. The third-order valence-corrected chi connectivity index (χ3v) is 4.38. The summed E-state index contributed by atoms with van der Waals surface area (Å²) in [6, 6.07) is 18.0. The molecule has 0 atom stereocenters. The molecule has 4 rings (SSSR count). The van der Waals surface area contributed by atoms with E-state index in [0.29, 0.717) is 22.8 Å². The fourth-order valence-corrected chi connectivity index (χ4v) is 2.95. The van der Waals surface area contributed by atoms with Gasteiger partial charge in [-0.3, -0.25) is 15.5 Å². The van der Waals surface area contributed by atoms with Crippen LogP contribution in [0.4, 0.5) is 15.8 Å². The molecule has 1 heterocycles. The molecule has 28 heavy (non-hydrogen) atoms. The Kier molecular flexibility index (Phi) is 4.41. The number of aliphatic imine (C=N–C) groups is 1. The fraction of sp³-hybridized carbons (Fsp3) is 0.0476. The van der Waals surface area contributed by atoms with Gasteiger partial charge in [0, 0.05) is 28.8 Å². The quantitative estimate of drug-likeness (QED) is 0.542. The van der Waals surface area contributed by atoms with Crippen LogP contribution < -0.4 is 5.43 Å². The lowest BCUT2D eigenvalue weighted by atomic mass is 9.99. The van der Waals surface area contributed by atoms with E-state index in [1.807, 2.05) is 25.1 Å². The Morgan fingerprint density at radius 1 is 0.964 bits per heavy atom. The average molecular weight is 374 g/mol. The molecule has 0 unspecified atom stereocenters. The van der Waals surface area contributed by atoms with Gasteiger partial charge in [0.2, 0.25) is 0 Å². The predicted octanol–water partition coefficient (Wildman–Crippen LogP) is 4.48. The Hall–Kier alpha value is -3.87. The highest BCUT2D eigenvalue weighted by molar-refractivity contribution is 6.18. The van der Waals surface area contributed by atoms with Crippen LogP contribution in [0.15, 0.2) is 76.8 Å². The summed E-state index contributed by atoms with van der Waals surface area (Å²) in [5.74, 6) is 0.158. The maximum atomic E-state index is 13.3. The Morgan fingerprint density at radius 2 is 1.64 bits per heavy atom. The van der Waals surface area contributed by atoms with Gasteiger partial charge < -0.3 is 0 Å². The number of non-ortho nitro benzene ring substituents is 1. The van der Waals surface area contributed by atoms with E-state index in [-0.39, 0.29) is 11.5 Å². The van der Waals surface area contributed by atoms with Crippen LogP contribution in [-0.2, 0) is 0 Å². The van der Waals surface area contributed by atoms with Crippen molar-refractivity contribution >= 4 is 22.9 Å². The van der Waals surface area contributed by atoms with E-state index < -0.39 is 4.92 Å². The van der Waals surface area contributed by atoms with E-state index in [1.165, 1.54) is 24.3 Å². The fourth-order valence-electron chi connectivity index (χ4n) is 2.95. The number of nitro benzene ring substituents is 1. The van der Waals surface area contributed by atoms with Gasteiger partial charge in [-0.25, -0.2) is 9.38 Å².